The fraction of sp³-hybridized carbons (Fsp3) is 0.632. The molecule has 0 saturated carbocycles. The van der Waals surface area contributed by atoms with Gasteiger partial charge in [0.25, 0.3) is 0 Å². The highest BCUT2D eigenvalue weighted by atomic mass is 19.1. The summed E-state index contributed by atoms with van der Waals surface area (Å²) in [5.41, 5.74) is 0.840. The van der Waals surface area contributed by atoms with Gasteiger partial charge in [0.1, 0.15) is 11.9 Å². The fourth-order valence-corrected chi connectivity index (χ4v) is 3.87. The molecular weight excluding hydrogens is 321 g/mol. The van der Waals surface area contributed by atoms with Gasteiger partial charge in [-0.2, -0.15) is 0 Å². The predicted molar refractivity (Wildman–Crippen MR) is 94.8 cm³/mol. The van der Waals surface area contributed by atoms with Gasteiger partial charge in [0, 0.05) is 32.2 Å². The molecule has 1 aromatic carbocycles. The molecule has 25 heavy (non-hydrogen) atoms. The molecule has 2 fully saturated rings. The molecule has 2 aliphatic rings. The van der Waals surface area contributed by atoms with Gasteiger partial charge in [0.05, 0.1) is 13.2 Å². The van der Waals surface area contributed by atoms with E-state index in [-0.39, 0.29) is 17.8 Å². The molecule has 3 rings (SSSR count). The second kappa shape index (κ2) is 8.25. The fourth-order valence-electron chi connectivity index (χ4n) is 3.87. The normalized spacial score (nSPS) is 21.5. The van der Waals surface area contributed by atoms with Crippen molar-refractivity contribution < 1.29 is 13.9 Å². The van der Waals surface area contributed by atoms with Crippen molar-refractivity contribution in [2.75, 3.05) is 53.5 Å². The second-order valence-electron chi connectivity index (χ2n) is 7.12. The van der Waals surface area contributed by atoms with Crippen LogP contribution in [-0.4, -0.2) is 80.1 Å². The van der Waals surface area contributed by atoms with Crippen molar-refractivity contribution >= 4 is 5.91 Å². The highest BCUT2D eigenvalue weighted by Crippen LogP contribution is 2.25. The summed E-state index contributed by atoms with van der Waals surface area (Å²) in [6.45, 7) is 5.18. The number of piperidine rings is 1. The van der Waals surface area contributed by atoms with E-state index < -0.39 is 0 Å². The van der Waals surface area contributed by atoms with Gasteiger partial charge in [-0.05, 0) is 44.6 Å². The molecule has 2 heterocycles. The monoisotopic (exact) mass is 349 g/mol. The van der Waals surface area contributed by atoms with Gasteiger partial charge < -0.3 is 9.64 Å². The third-order valence-electron chi connectivity index (χ3n) is 5.27. The van der Waals surface area contributed by atoms with Crippen LogP contribution in [-0.2, 0) is 9.53 Å². The zero-order valence-electron chi connectivity index (χ0n) is 15.2. The van der Waals surface area contributed by atoms with Crippen LogP contribution in [0.5, 0.6) is 0 Å². The average molecular weight is 349 g/mol. The Morgan fingerprint density at radius 1 is 1.12 bits per heavy atom. The van der Waals surface area contributed by atoms with Crippen LogP contribution in [0.4, 0.5) is 4.39 Å². The molecule has 1 atom stereocenters. The highest BCUT2D eigenvalue weighted by Gasteiger charge is 2.32. The van der Waals surface area contributed by atoms with Gasteiger partial charge in [-0.25, -0.2) is 4.39 Å². The van der Waals surface area contributed by atoms with Crippen molar-refractivity contribution in [3.63, 3.8) is 0 Å². The summed E-state index contributed by atoms with van der Waals surface area (Å²) in [7, 11) is 3.79. The van der Waals surface area contributed by atoms with Crippen LogP contribution < -0.4 is 0 Å². The number of likely N-dealkylation sites (N-methyl/N-ethyl adjacent to an activating group) is 1. The molecule has 0 unspecified atom stereocenters. The number of ether oxygens (including phenoxy) is 1. The lowest BCUT2D eigenvalue weighted by Gasteiger charge is -2.41. The molecule has 138 valence electrons. The van der Waals surface area contributed by atoms with E-state index in [1.165, 1.54) is 12.1 Å². The predicted octanol–water partition coefficient (Wildman–Crippen LogP) is 1.75. The van der Waals surface area contributed by atoms with Gasteiger partial charge in [-0.1, -0.05) is 12.1 Å². The zero-order chi connectivity index (χ0) is 17.8. The molecule has 5 nitrogen and oxygen atoms in total. The lowest BCUT2D eigenvalue weighted by atomic mass is 9.99. The molecule has 0 aliphatic carbocycles. The number of benzene rings is 1. The number of hydrogen-bond donors (Lipinski definition) is 0. The SMILES string of the molecule is CN(C)[C@@H](C(=O)N1CCC(N2CCOCC2)CC1)c1ccc(F)cc1. The Hall–Kier alpha value is -1.50. The van der Waals surface area contributed by atoms with Gasteiger partial charge in [-0.3, -0.25) is 14.6 Å². The minimum absolute atomic E-state index is 0.108. The number of nitrogens with zero attached hydrogens (tertiary/aromatic N) is 3. The van der Waals surface area contributed by atoms with Crippen LogP contribution in [0.3, 0.4) is 0 Å². The molecule has 1 amide bonds. The minimum Gasteiger partial charge on any atom is -0.379 e. The molecule has 0 radical (unpaired) electrons. The largest absolute Gasteiger partial charge is 0.379 e. The first-order valence-corrected chi connectivity index (χ1v) is 9.09. The Bertz CT molecular complexity index is 565. The maximum Gasteiger partial charge on any atom is 0.244 e. The van der Waals surface area contributed by atoms with Crippen molar-refractivity contribution in [1.29, 1.82) is 0 Å². The summed E-state index contributed by atoms with van der Waals surface area (Å²) >= 11 is 0. The summed E-state index contributed by atoms with van der Waals surface area (Å²) < 4.78 is 18.6. The maximum absolute atomic E-state index is 13.2. The summed E-state index contributed by atoms with van der Waals surface area (Å²) in [5, 5.41) is 0. The summed E-state index contributed by atoms with van der Waals surface area (Å²) in [6, 6.07) is 6.45. The number of likely N-dealkylation sites (tertiary alicyclic amines) is 1. The third-order valence-corrected chi connectivity index (χ3v) is 5.27. The molecule has 2 saturated heterocycles. The van der Waals surface area contributed by atoms with Crippen LogP contribution in [0.2, 0.25) is 0 Å². The summed E-state index contributed by atoms with van der Waals surface area (Å²) in [6.07, 6.45) is 2.02. The lowest BCUT2D eigenvalue weighted by Crippen LogP contribution is -2.51. The zero-order valence-corrected chi connectivity index (χ0v) is 15.2. The van der Waals surface area contributed by atoms with Crippen LogP contribution in [0.15, 0.2) is 24.3 Å². The quantitative estimate of drug-likeness (QED) is 0.830. The first kappa shape index (κ1) is 18.3. The van der Waals surface area contributed by atoms with Crippen LogP contribution in [0, 0.1) is 5.82 Å². The number of morpholine rings is 1. The molecule has 2 aliphatic heterocycles. The van der Waals surface area contributed by atoms with E-state index in [1.54, 1.807) is 12.1 Å². The van der Waals surface area contributed by atoms with E-state index in [0.717, 1.165) is 57.8 Å². The lowest BCUT2D eigenvalue weighted by molar-refractivity contribution is -0.138. The Morgan fingerprint density at radius 2 is 1.72 bits per heavy atom. The first-order chi connectivity index (χ1) is 12.1. The smallest absolute Gasteiger partial charge is 0.244 e. The standard InChI is InChI=1S/C19H28FN3O2/c1-21(2)18(15-3-5-16(20)6-4-15)19(24)23-9-7-17(8-10-23)22-11-13-25-14-12-22/h3-6,17-18H,7-14H2,1-2H3/t18-/m1/s1. The van der Waals surface area contributed by atoms with Crippen molar-refractivity contribution in [2.24, 2.45) is 0 Å². The molecule has 0 bridgehead atoms. The van der Waals surface area contributed by atoms with Crippen LogP contribution >= 0.6 is 0 Å². The van der Waals surface area contributed by atoms with Crippen molar-refractivity contribution in [3.8, 4) is 0 Å². The van der Waals surface area contributed by atoms with Crippen molar-refractivity contribution in [3.05, 3.63) is 35.6 Å². The van der Waals surface area contributed by atoms with Gasteiger partial charge >= 0.3 is 0 Å². The van der Waals surface area contributed by atoms with Crippen molar-refractivity contribution in [2.45, 2.75) is 24.9 Å². The molecule has 0 N–H and O–H groups in total. The Labute approximate surface area is 149 Å². The highest BCUT2D eigenvalue weighted by molar-refractivity contribution is 5.83. The second-order valence-corrected chi connectivity index (χ2v) is 7.12. The first-order valence-electron chi connectivity index (χ1n) is 9.09. The third kappa shape index (κ3) is 4.37. The average Bonchev–Trinajstić information content (AvgIpc) is 2.64. The van der Waals surface area contributed by atoms with E-state index >= 15 is 0 Å². The molecule has 0 aromatic heterocycles. The Morgan fingerprint density at radius 3 is 2.28 bits per heavy atom. The van der Waals surface area contributed by atoms with Gasteiger partial charge in [0.2, 0.25) is 5.91 Å². The van der Waals surface area contributed by atoms with E-state index in [0.29, 0.717) is 6.04 Å². The van der Waals surface area contributed by atoms with Gasteiger partial charge in [-0.15, -0.1) is 0 Å². The Balaban J connectivity index is 1.62. The summed E-state index contributed by atoms with van der Waals surface area (Å²) in [4.78, 5) is 19.4. The van der Waals surface area contributed by atoms with Crippen LogP contribution in [0.25, 0.3) is 0 Å². The number of hydrogen-bond acceptors (Lipinski definition) is 4. The number of amides is 1. The van der Waals surface area contributed by atoms with E-state index in [9.17, 15) is 9.18 Å². The number of carbonyl (C=O) groups is 1. The van der Waals surface area contributed by atoms with E-state index in [2.05, 4.69) is 4.90 Å². The Kier molecular flexibility index (Phi) is 6.04. The van der Waals surface area contributed by atoms with E-state index in [4.69, 9.17) is 4.74 Å². The maximum atomic E-state index is 13.2. The summed E-state index contributed by atoms with van der Waals surface area (Å²) in [5.74, 6) is -0.169. The molecule has 6 heteroatoms. The minimum atomic E-state index is -0.361. The van der Waals surface area contributed by atoms with Crippen molar-refractivity contribution in [1.82, 2.24) is 14.7 Å². The number of halogens is 1. The number of rotatable bonds is 4. The topological polar surface area (TPSA) is 36.0 Å². The molecule has 0 spiro atoms. The van der Waals surface area contributed by atoms with Crippen LogP contribution in [0.1, 0.15) is 24.4 Å². The van der Waals surface area contributed by atoms with E-state index in [1.807, 2.05) is 23.9 Å². The molecule has 1 aromatic rings. The van der Waals surface area contributed by atoms with Gasteiger partial charge in [0.15, 0.2) is 0 Å². The number of carbonyl (C=O) groups excluding carboxylic acids is 1. The molecular formula is C19H28FN3O2.